The molecule has 0 spiro atoms. The molecule has 31 heavy (non-hydrogen) atoms. The number of carbonyl (C=O) groups excluding carboxylic acids is 1. The average Bonchev–Trinajstić information content (AvgIpc) is 3.39. The van der Waals surface area contributed by atoms with E-state index in [0.29, 0.717) is 23.4 Å². The summed E-state index contributed by atoms with van der Waals surface area (Å²) in [4.78, 5) is 18.0. The van der Waals surface area contributed by atoms with Crippen LogP contribution < -0.4 is 10.1 Å². The van der Waals surface area contributed by atoms with Gasteiger partial charge in [-0.05, 0) is 37.1 Å². The summed E-state index contributed by atoms with van der Waals surface area (Å²) in [6, 6.07) is 11.4. The summed E-state index contributed by atoms with van der Waals surface area (Å²) in [5.74, 6) is 0.827. The number of hydrogen-bond acceptors (Lipinski definition) is 5. The molecule has 4 aromatic rings. The Hall–Kier alpha value is -3.68. The van der Waals surface area contributed by atoms with Crippen LogP contribution in [0.4, 0.5) is 0 Å². The van der Waals surface area contributed by atoms with Crippen LogP contribution in [-0.4, -0.2) is 44.1 Å². The highest BCUT2D eigenvalue weighted by Gasteiger charge is 2.20. The zero-order valence-corrected chi connectivity index (χ0v) is 18.2. The molecule has 0 aliphatic rings. The number of fused-ring (bicyclic) bond motifs is 1. The van der Waals surface area contributed by atoms with Gasteiger partial charge in [-0.15, -0.1) is 0 Å². The van der Waals surface area contributed by atoms with Crippen LogP contribution in [0.1, 0.15) is 23.0 Å². The highest BCUT2D eigenvalue weighted by atomic mass is 16.5. The maximum atomic E-state index is 13.2. The van der Waals surface area contributed by atoms with Gasteiger partial charge in [0.15, 0.2) is 5.65 Å². The molecular weight excluding hydrogens is 392 g/mol. The number of nitrogens with zero attached hydrogens (tertiary/aromatic N) is 5. The first kappa shape index (κ1) is 20.6. The van der Waals surface area contributed by atoms with Crippen LogP contribution in [0.2, 0.25) is 0 Å². The summed E-state index contributed by atoms with van der Waals surface area (Å²) in [6.07, 6.45) is 3.68. The molecule has 3 aromatic heterocycles. The molecule has 1 aromatic carbocycles. The Labute approximate surface area is 180 Å². The van der Waals surface area contributed by atoms with E-state index in [9.17, 15) is 4.79 Å². The van der Waals surface area contributed by atoms with E-state index in [2.05, 4.69) is 22.4 Å². The SMILES string of the molecule is COc1cccc(-c2cc(C(=O)NCC(C)Cn3cccn3)c3c(C)nn(C)c3n2)c1. The lowest BCUT2D eigenvalue weighted by atomic mass is 10.0. The Morgan fingerprint density at radius 1 is 1.26 bits per heavy atom. The van der Waals surface area contributed by atoms with Crippen LogP contribution >= 0.6 is 0 Å². The molecule has 4 rings (SSSR count). The van der Waals surface area contributed by atoms with E-state index in [1.165, 1.54) is 0 Å². The van der Waals surface area contributed by atoms with Crippen LogP contribution in [-0.2, 0) is 13.6 Å². The van der Waals surface area contributed by atoms with Gasteiger partial charge in [-0.25, -0.2) is 4.98 Å². The largest absolute Gasteiger partial charge is 0.497 e. The van der Waals surface area contributed by atoms with Gasteiger partial charge in [0.05, 0.1) is 29.4 Å². The second-order valence-corrected chi connectivity index (χ2v) is 7.74. The van der Waals surface area contributed by atoms with E-state index in [4.69, 9.17) is 9.72 Å². The Balaban J connectivity index is 1.65. The van der Waals surface area contributed by atoms with Gasteiger partial charge in [-0.2, -0.15) is 10.2 Å². The van der Waals surface area contributed by atoms with Gasteiger partial charge in [-0.1, -0.05) is 19.1 Å². The summed E-state index contributed by atoms with van der Waals surface area (Å²) in [7, 11) is 3.47. The first-order valence-electron chi connectivity index (χ1n) is 10.2. The summed E-state index contributed by atoms with van der Waals surface area (Å²) in [5, 5.41) is 12.6. The number of hydrogen-bond donors (Lipinski definition) is 1. The summed E-state index contributed by atoms with van der Waals surface area (Å²) in [5.41, 5.74) is 3.59. The molecule has 0 fully saturated rings. The normalized spacial score (nSPS) is 12.1. The van der Waals surface area contributed by atoms with Crippen molar-refractivity contribution in [2.75, 3.05) is 13.7 Å². The number of pyridine rings is 1. The Kier molecular flexibility index (Phi) is 5.70. The van der Waals surface area contributed by atoms with Crippen LogP contribution in [0.3, 0.4) is 0 Å². The fourth-order valence-electron chi connectivity index (χ4n) is 3.71. The van der Waals surface area contributed by atoms with E-state index in [1.807, 2.05) is 61.2 Å². The average molecular weight is 419 g/mol. The molecule has 0 radical (unpaired) electrons. The van der Waals surface area contributed by atoms with Crippen LogP contribution in [0, 0.1) is 12.8 Å². The molecule has 0 aliphatic carbocycles. The highest BCUT2D eigenvalue weighted by molar-refractivity contribution is 6.07. The van der Waals surface area contributed by atoms with Crippen molar-refractivity contribution in [1.82, 2.24) is 29.9 Å². The lowest BCUT2D eigenvalue weighted by molar-refractivity contribution is 0.0948. The van der Waals surface area contributed by atoms with E-state index in [0.717, 1.165) is 28.9 Å². The van der Waals surface area contributed by atoms with Crippen molar-refractivity contribution in [1.29, 1.82) is 0 Å². The molecule has 8 heteroatoms. The van der Waals surface area contributed by atoms with Gasteiger partial charge >= 0.3 is 0 Å². The number of nitrogens with one attached hydrogen (secondary N) is 1. The van der Waals surface area contributed by atoms with E-state index < -0.39 is 0 Å². The molecule has 0 saturated carbocycles. The van der Waals surface area contributed by atoms with Crippen molar-refractivity contribution in [3.05, 3.63) is 60.0 Å². The Morgan fingerprint density at radius 3 is 2.84 bits per heavy atom. The van der Waals surface area contributed by atoms with Crippen molar-refractivity contribution in [3.63, 3.8) is 0 Å². The molecular formula is C23H26N6O2. The fourth-order valence-corrected chi connectivity index (χ4v) is 3.71. The number of amides is 1. The molecule has 160 valence electrons. The van der Waals surface area contributed by atoms with Gasteiger partial charge in [0.2, 0.25) is 0 Å². The third-order valence-electron chi connectivity index (χ3n) is 5.25. The monoisotopic (exact) mass is 418 g/mol. The lowest BCUT2D eigenvalue weighted by Crippen LogP contribution is -2.30. The zero-order chi connectivity index (χ0) is 22.0. The van der Waals surface area contributed by atoms with Crippen LogP contribution in [0.25, 0.3) is 22.3 Å². The summed E-state index contributed by atoms with van der Waals surface area (Å²) >= 11 is 0. The third kappa shape index (κ3) is 4.28. The molecule has 0 saturated heterocycles. The van der Waals surface area contributed by atoms with Gasteiger partial charge in [-0.3, -0.25) is 14.2 Å². The minimum absolute atomic E-state index is 0.139. The molecule has 1 unspecified atom stereocenters. The van der Waals surface area contributed by atoms with Gasteiger partial charge in [0.25, 0.3) is 5.91 Å². The predicted octanol–water partition coefficient (Wildman–Crippen LogP) is 3.21. The Morgan fingerprint density at radius 2 is 2.10 bits per heavy atom. The van der Waals surface area contributed by atoms with Crippen molar-refractivity contribution >= 4 is 16.9 Å². The lowest BCUT2D eigenvalue weighted by Gasteiger charge is -2.14. The molecule has 1 N–H and O–H groups in total. The molecule has 0 bridgehead atoms. The molecule has 1 amide bonds. The number of carbonyl (C=O) groups is 1. The van der Waals surface area contributed by atoms with Crippen LogP contribution in [0.5, 0.6) is 5.75 Å². The molecule has 3 heterocycles. The minimum Gasteiger partial charge on any atom is -0.497 e. The summed E-state index contributed by atoms with van der Waals surface area (Å²) in [6.45, 7) is 5.25. The predicted molar refractivity (Wildman–Crippen MR) is 119 cm³/mol. The zero-order valence-electron chi connectivity index (χ0n) is 18.2. The quantitative estimate of drug-likeness (QED) is 0.498. The van der Waals surface area contributed by atoms with Gasteiger partial charge in [0, 0.05) is 38.1 Å². The minimum atomic E-state index is -0.139. The molecule has 1 atom stereocenters. The Bertz CT molecular complexity index is 1210. The van der Waals surface area contributed by atoms with Gasteiger partial charge < -0.3 is 10.1 Å². The van der Waals surface area contributed by atoms with E-state index in [1.54, 1.807) is 18.0 Å². The van der Waals surface area contributed by atoms with Crippen molar-refractivity contribution in [3.8, 4) is 17.0 Å². The third-order valence-corrected chi connectivity index (χ3v) is 5.25. The topological polar surface area (TPSA) is 86.9 Å². The first-order chi connectivity index (χ1) is 15.0. The number of aryl methyl sites for hydroxylation is 2. The van der Waals surface area contributed by atoms with E-state index >= 15 is 0 Å². The summed E-state index contributed by atoms with van der Waals surface area (Å²) < 4.78 is 8.93. The maximum Gasteiger partial charge on any atom is 0.252 e. The van der Waals surface area contributed by atoms with Crippen LogP contribution in [0.15, 0.2) is 48.8 Å². The van der Waals surface area contributed by atoms with Crippen molar-refractivity contribution in [2.24, 2.45) is 13.0 Å². The maximum absolute atomic E-state index is 13.2. The number of methoxy groups -OCH3 is 1. The number of aromatic nitrogens is 5. The standard InChI is InChI=1S/C23H26N6O2/c1-15(14-29-10-6-9-25-29)13-24-23(30)19-12-20(17-7-5-8-18(11-17)31-4)26-22-21(19)16(2)27-28(22)3/h5-12,15H,13-14H2,1-4H3,(H,24,30). The number of benzene rings is 1. The smallest absolute Gasteiger partial charge is 0.252 e. The molecule has 8 nitrogen and oxygen atoms in total. The van der Waals surface area contributed by atoms with Gasteiger partial charge in [0.1, 0.15) is 5.75 Å². The highest BCUT2D eigenvalue weighted by Crippen LogP contribution is 2.28. The van der Waals surface area contributed by atoms with E-state index in [-0.39, 0.29) is 11.8 Å². The molecule has 0 aliphatic heterocycles. The number of ether oxygens (including phenoxy) is 1. The number of rotatable bonds is 7. The fraction of sp³-hybridized carbons (Fsp3) is 0.304. The second-order valence-electron chi connectivity index (χ2n) is 7.74. The van der Waals surface area contributed by atoms with Crippen molar-refractivity contribution < 1.29 is 9.53 Å². The van der Waals surface area contributed by atoms with Crippen molar-refractivity contribution in [2.45, 2.75) is 20.4 Å². The first-order valence-corrected chi connectivity index (χ1v) is 10.2. The second kappa shape index (κ2) is 8.59.